The standard InChI is InChI=1S/C42H28N4/c1-4-16-29(17-5-1)35-28-39(44-42(43-35)30-18-6-2-7-19-30)46-37-26-14-11-23-33(37)40-32-22-10-13-25-36(32)45(31-20-8-3-9-21-31)38-27-15-12-24-34(38)41(40)46/h1-28H. The molecule has 0 fully saturated rings. The first-order valence-corrected chi connectivity index (χ1v) is 15.5. The highest BCUT2D eigenvalue weighted by Crippen LogP contribution is 2.54. The number of hydrogen-bond donors (Lipinski definition) is 0. The van der Waals surface area contributed by atoms with E-state index in [4.69, 9.17) is 9.97 Å². The fraction of sp³-hybridized carbons (Fsp3) is 0. The number of fused-ring (bicyclic) bond motifs is 7. The van der Waals surface area contributed by atoms with Gasteiger partial charge in [-0.25, -0.2) is 9.97 Å². The van der Waals surface area contributed by atoms with Crippen LogP contribution in [-0.4, -0.2) is 14.5 Å². The molecule has 0 aliphatic carbocycles. The van der Waals surface area contributed by atoms with Crippen molar-refractivity contribution in [2.24, 2.45) is 0 Å². The molecule has 4 nitrogen and oxygen atoms in total. The predicted octanol–water partition coefficient (Wildman–Crippen LogP) is 10.9. The van der Waals surface area contributed by atoms with E-state index in [1.165, 1.54) is 16.5 Å². The summed E-state index contributed by atoms with van der Waals surface area (Å²) in [6.07, 6.45) is 0. The monoisotopic (exact) mass is 588 g/mol. The normalized spacial score (nSPS) is 11.9. The van der Waals surface area contributed by atoms with Gasteiger partial charge in [-0.1, -0.05) is 133 Å². The zero-order chi connectivity index (χ0) is 30.5. The Balaban J connectivity index is 1.42. The molecule has 1 aliphatic rings. The lowest BCUT2D eigenvalue weighted by molar-refractivity contribution is 1.03. The Bertz CT molecular complexity index is 2300. The van der Waals surface area contributed by atoms with Gasteiger partial charge in [0.05, 0.1) is 28.3 Å². The Hall–Kier alpha value is -6.26. The minimum Gasteiger partial charge on any atom is -0.309 e. The zero-order valence-electron chi connectivity index (χ0n) is 25.0. The van der Waals surface area contributed by atoms with Crippen LogP contribution >= 0.6 is 0 Å². The molecule has 216 valence electrons. The van der Waals surface area contributed by atoms with Crippen LogP contribution in [0.4, 0.5) is 17.1 Å². The molecule has 0 unspecified atom stereocenters. The van der Waals surface area contributed by atoms with Crippen LogP contribution in [0.5, 0.6) is 0 Å². The number of benzene rings is 6. The van der Waals surface area contributed by atoms with E-state index in [9.17, 15) is 0 Å². The summed E-state index contributed by atoms with van der Waals surface area (Å²) < 4.78 is 2.34. The Morgan fingerprint density at radius 2 is 1.02 bits per heavy atom. The van der Waals surface area contributed by atoms with Crippen molar-refractivity contribution in [2.45, 2.75) is 0 Å². The van der Waals surface area contributed by atoms with Gasteiger partial charge in [0.25, 0.3) is 0 Å². The largest absolute Gasteiger partial charge is 0.309 e. The molecule has 0 spiro atoms. The molecule has 0 atom stereocenters. The van der Waals surface area contributed by atoms with E-state index >= 15 is 0 Å². The van der Waals surface area contributed by atoms with E-state index in [-0.39, 0.29) is 0 Å². The molecule has 0 saturated carbocycles. The summed E-state index contributed by atoms with van der Waals surface area (Å²) in [6, 6.07) is 59.5. The molecule has 9 rings (SSSR count). The van der Waals surface area contributed by atoms with Crippen molar-refractivity contribution in [1.29, 1.82) is 0 Å². The highest BCUT2D eigenvalue weighted by Gasteiger charge is 2.31. The maximum absolute atomic E-state index is 5.30. The maximum atomic E-state index is 5.30. The molecule has 1 aliphatic heterocycles. The fourth-order valence-corrected chi connectivity index (χ4v) is 6.76. The van der Waals surface area contributed by atoms with Crippen molar-refractivity contribution in [3.8, 4) is 50.8 Å². The number of aromatic nitrogens is 3. The van der Waals surface area contributed by atoms with Gasteiger partial charge in [0.1, 0.15) is 5.82 Å². The number of nitrogens with zero attached hydrogens (tertiary/aromatic N) is 4. The van der Waals surface area contributed by atoms with Crippen LogP contribution in [-0.2, 0) is 0 Å². The summed E-state index contributed by atoms with van der Waals surface area (Å²) in [5.41, 5.74) is 12.0. The lowest BCUT2D eigenvalue weighted by atomic mass is 9.98. The second-order valence-corrected chi connectivity index (χ2v) is 11.4. The topological polar surface area (TPSA) is 34.0 Å². The third kappa shape index (κ3) is 4.15. The van der Waals surface area contributed by atoms with Gasteiger partial charge in [-0.05, 0) is 30.3 Å². The van der Waals surface area contributed by atoms with Crippen LogP contribution in [0, 0.1) is 0 Å². The molecule has 0 radical (unpaired) electrons. The van der Waals surface area contributed by atoms with Gasteiger partial charge in [-0.2, -0.15) is 0 Å². The van der Waals surface area contributed by atoms with Crippen LogP contribution in [0.3, 0.4) is 0 Å². The Labute approximate surface area is 267 Å². The molecular weight excluding hydrogens is 560 g/mol. The first kappa shape index (κ1) is 26.2. The van der Waals surface area contributed by atoms with Gasteiger partial charge >= 0.3 is 0 Å². The van der Waals surface area contributed by atoms with Gasteiger partial charge in [-0.3, -0.25) is 4.57 Å². The molecule has 3 heterocycles. The van der Waals surface area contributed by atoms with Gasteiger partial charge < -0.3 is 4.90 Å². The van der Waals surface area contributed by atoms with Crippen molar-refractivity contribution >= 4 is 28.0 Å². The van der Waals surface area contributed by atoms with Crippen LogP contribution in [0.15, 0.2) is 170 Å². The minimum atomic E-state index is 0.691. The molecule has 0 amide bonds. The summed E-state index contributed by atoms with van der Waals surface area (Å²) in [5.74, 6) is 1.52. The molecule has 2 aromatic heterocycles. The molecule has 0 bridgehead atoms. The molecule has 0 N–H and O–H groups in total. The first-order chi connectivity index (χ1) is 22.8. The van der Waals surface area contributed by atoms with Gasteiger partial charge in [0.2, 0.25) is 0 Å². The lowest BCUT2D eigenvalue weighted by Gasteiger charge is -2.27. The van der Waals surface area contributed by atoms with E-state index in [2.05, 4.69) is 155 Å². The Kier molecular flexibility index (Phi) is 6.10. The summed E-state index contributed by atoms with van der Waals surface area (Å²) in [4.78, 5) is 12.8. The van der Waals surface area contributed by atoms with Crippen molar-refractivity contribution in [3.63, 3.8) is 0 Å². The van der Waals surface area contributed by atoms with Crippen molar-refractivity contribution in [3.05, 3.63) is 170 Å². The Morgan fingerprint density at radius 3 is 1.76 bits per heavy atom. The van der Waals surface area contributed by atoms with E-state index in [0.29, 0.717) is 5.82 Å². The van der Waals surface area contributed by atoms with Crippen molar-refractivity contribution < 1.29 is 0 Å². The van der Waals surface area contributed by atoms with E-state index in [1.807, 2.05) is 24.3 Å². The predicted molar refractivity (Wildman–Crippen MR) is 189 cm³/mol. The third-order valence-electron chi connectivity index (χ3n) is 8.75. The molecule has 0 saturated heterocycles. The lowest BCUT2D eigenvalue weighted by Crippen LogP contribution is -2.11. The average Bonchev–Trinajstić information content (AvgIpc) is 3.42. The zero-order valence-corrected chi connectivity index (χ0v) is 25.0. The summed E-state index contributed by atoms with van der Waals surface area (Å²) in [6.45, 7) is 0. The van der Waals surface area contributed by atoms with Crippen LogP contribution in [0.2, 0.25) is 0 Å². The van der Waals surface area contributed by atoms with Crippen LogP contribution < -0.4 is 4.90 Å². The van der Waals surface area contributed by atoms with E-state index in [0.717, 1.165) is 56.5 Å². The van der Waals surface area contributed by atoms with Crippen molar-refractivity contribution in [2.75, 3.05) is 4.90 Å². The van der Waals surface area contributed by atoms with Crippen LogP contribution in [0.1, 0.15) is 0 Å². The third-order valence-corrected chi connectivity index (χ3v) is 8.75. The molecular formula is C42H28N4. The molecule has 6 aromatic carbocycles. The van der Waals surface area contributed by atoms with E-state index in [1.54, 1.807) is 0 Å². The highest BCUT2D eigenvalue weighted by atomic mass is 15.2. The summed E-state index contributed by atoms with van der Waals surface area (Å²) in [7, 11) is 0. The smallest absolute Gasteiger partial charge is 0.162 e. The molecule has 4 heteroatoms. The fourth-order valence-electron chi connectivity index (χ4n) is 6.76. The first-order valence-electron chi connectivity index (χ1n) is 15.5. The van der Waals surface area contributed by atoms with E-state index < -0.39 is 0 Å². The summed E-state index contributed by atoms with van der Waals surface area (Å²) >= 11 is 0. The Morgan fingerprint density at radius 1 is 0.457 bits per heavy atom. The SMILES string of the molecule is c1ccc(-c2cc(-n3c4c(c5ccccc53)-c3ccccc3N(c3ccccc3)c3ccccc3-4)nc(-c3ccccc3)n2)cc1. The van der Waals surface area contributed by atoms with Crippen LogP contribution in [0.25, 0.3) is 61.8 Å². The number of para-hydroxylation sites is 4. The van der Waals surface area contributed by atoms with Crippen molar-refractivity contribution in [1.82, 2.24) is 14.5 Å². The maximum Gasteiger partial charge on any atom is 0.162 e. The second-order valence-electron chi connectivity index (χ2n) is 11.4. The van der Waals surface area contributed by atoms with Gasteiger partial charge in [0.15, 0.2) is 5.82 Å². The second kappa shape index (κ2) is 10.7. The highest BCUT2D eigenvalue weighted by molar-refractivity contribution is 6.12. The van der Waals surface area contributed by atoms with Gasteiger partial charge in [0, 0.05) is 45.0 Å². The number of anilines is 3. The molecule has 46 heavy (non-hydrogen) atoms. The number of rotatable bonds is 4. The van der Waals surface area contributed by atoms with Gasteiger partial charge in [-0.15, -0.1) is 0 Å². The number of hydrogen-bond acceptors (Lipinski definition) is 3. The minimum absolute atomic E-state index is 0.691. The summed E-state index contributed by atoms with van der Waals surface area (Å²) in [5, 5.41) is 1.18. The quantitative estimate of drug-likeness (QED) is 0.205. The molecule has 8 aromatic rings. The average molecular weight is 589 g/mol.